The third-order valence-electron chi connectivity index (χ3n) is 3.86. The zero-order valence-corrected chi connectivity index (χ0v) is 10.6. The van der Waals surface area contributed by atoms with Gasteiger partial charge in [-0.1, -0.05) is 0 Å². The maximum Gasteiger partial charge on any atom is 0.240 e. The van der Waals surface area contributed by atoms with Crippen molar-refractivity contribution in [1.29, 1.82) is 0 Å². The van der Waals surface area contributed by atoms with Crippen LogP contribution in [0.5, 0.6) is 0 Å². The lowest BCUT2D eigenvalue weighted by Crippen LogP contribution is -2.57. The molecule has 2 atom stereocenters. The van der Waals surface area contributed by atoms with Gasteiger partial charge >= 0.3 is 0 Å². The first-order valence-electron chi connectivity index (χ1n) is 6.35. The molecule has 0 aromatic carbocycles. The van der Waals surface area contributed by atoms with Crippen LogP contribution in [0, 0.1) is 0 Å². The number of hydrogen-bond acceptors (Lipinski definition) is 3. The summed E-state index contributed by atoms with van der Waals surface area (Å²) in [4.78, 5) is 27.3. The summed E-state index contributed by atoms with van der Waals surface area (Å²) in [7, 11) is 3.65. The van der Waals surface area contributed by atoms with Gasteiger partial charge in [-0.3, -0.25) is 9.59 Å². The first-order chi connectivity index (χ1) is 8.13. The van der Waals surface area contributed by atoms with E-state index >= 15 is 0 Å². The van der Waals surface area contributed by atoms with Gasteiger partial charge in [0.15, 0.2) is 0 Å². The molecule has 1 N–H and O–H groups in total. The second kappa shape index (κ2) is 5.04. The molecule has 2 fully saturated rings. The fourth-order valence-corrected chi connectivity index (χ4v) is 2.77. The Kier molecular flexibility index (Phi) is 3.66. The van der Waals surface area contributed by atoms with Crippen molar-refractivity contribution < 1.29 is 9.59 Å². The summed E-state index contributed by atoms with van der Waals surface area (Å²) in [5.74, 6) is 0.391. The van der Waals surface area contributed by atoms with Crippen molar-refractivity contribution in [3.05, 3.63) is 0 Å². The molecule has 2 aliphatic heterocycles. The molecule has 0 aromatic heterocycles. The van der Waals surface area contributed by atoms with E-state index < -0.39 is 0 Å². The Morgan fingerprint density at radius 3 is 2.71 bits per heavy atom. The molecule has 96 valence electrons. The lowest BCUT2D eigenvalue weighted by atomic mass is 9.98. The van der Waals surface area contributed by atoms with Crippen molar-refractivity contribution in [3.8, 4) is 0 Å². The van der Waals surface area contributed by atoms with E-state index in [4.69, 9.17) is 0 Å². The molecule has 2 saturated heterocycles. The summed E-state index contributed by atoms with van der Waals surface area (Å²) in [5, 5.41) is 3.07. The summed E-state index contributed by atoms with van der Waals surface area (Å²) in [5.41, 5.74) is 0. The number of piperidine rings is 2. The molecule has 2 aliphatic rings. The van der Waals surface area contributed by atoms with Gasteiger partial charge in [0.1, 0.15) is 0 Å². The summed E-state index contributed by atoms with van der Waals surface area (Å²) in [6.45, 7) is 1.52. The molecule has 0 spiro atoms. The SMILES string of the molecule is CNC1CCCN(C2CCC(=O)N(C)C2)C1=O. The summed E-state index contributed by atoms with van der Waals surface area (Å²) < 4.78 is 0. The number of carbonyl (C=O) groups excluding carboxylic acids is 2. The minimum atomic E-state index is -0.0355. The van der Waals surface area contributed by atoms with Gasteiger partial charge in [-0.25, -0.2) is 0 Å². The third kappa shape index (κ3) is 2.44. The minimum absolute atomic E-state index is 0.0355. The van der Waals surface area contributed by atoms with Gasteiger partial charge in [-0.05, 0) is 26.3 Å². The van der Waals surface area contributed by atoms with Gasteiger partial charge in [-0.2, -0.15) is 0 Å². The number of carbonyl (C=O) groups is 2. The van der Waals surface area contributed by atoms with Crippen LogP contribution in [0.25, 0.3) is 0 Å². The van der Waals surface area contributed by atoms with Crippen LogP contribution >= 0.6 is 0 Å². The maximum absolute atomic E-state index is 12.2. The second-order valence-electron chi connectivity index (χ2n) is 4.98. The van der Waals surface area contributed by atoms with Crippen LogP contribution in [0.4, 0.5) is 0 Å². The lowest BCUT2D eigenvalue weighted by molar-refractivity contribution is -0.144. The Hall–Kier alpha value is -1.10. The molecule has 17 heavy (non-hydrogen) atoms. The molecule has 5 nitrogen and oxygen atoms in total. The maximum atomic E-state index is 12.2. The molecule has 0 saturated carbocycles. The molecule has 0 bridgehead atoms. The van der Waals surface area contributed by atoms with Gasteiger partial charge in [0.2, 0.25) is 11.8 Å². The zero-order chi connectivity index (χ0) is 12.4. The average Bonchev–Trinajstić information content (AvgIpc) is 2.33. The fourth-order valence-electron chi connectivity index (χ4n) is 2.77. The van der Waals surface area contributed by atoms with E-state index in [1.165, 1.54) is 0 Å². The first-order valence-corrected chi connectivity index (χ1v) is 6.35. The summed E-state index contributed by atoms with van der Waals surface area (Å²) >= 11 is 0. The fraction of sp³-hybridized carbons (Fsp3) is 0.833. The van der Waals surface area contributed by atoms with Crippen molar-refractivity contribution in [2.75, 3.05) is 27.2 Å². The molecule has 2 unspecified atom stereocenters. The topological polar surface area (TPSA) is 52.7 Å². The molecular weight excluding hydrogens is 218 g/mol. The standard InChI is InChI=1S/C12H21N3O2/c1-13-10-4-3-7-15(12(10)17)9-5-6-11(16)14(2)8-9/h9-10,13H,3-8H2,1-2H3. The number of likely N-dealkylation sites (tertiary alicyclic amines) is 2. The molecule has 5 heteroatoms. The van der Waals surface area contributed by atoms with Crippen molar-refractivity contribution in [1.82, 2.24) is 15.1 Å². The zero-order valence-electron chi connectivity index (χ0n) is 10.6. The van der Waals surface area contributed by atoms with E-state index in [0.717, 1.165) is 25.8 Å². The van der Waals surface area contributed by atoms with Gasteiger partial charge in [0.25, 0.3) is 0 Å². The van der Waals surface area contributed by atoms with E-state index in [-0.39, 0.29) is 23.9 Å². The van der Waals surface area contributed by atoms with Gasteiger partial charge in [0.05, 0.1) is 6.04 Å². The van der Waals surface area contributed by atoms with Gasteiger partial charge < -0.3 is 15.1 Å². The Bertz CT molecular complexity index is 319. The van der Waals surface area contributed by atoms with Crippen molar-refractivity contribution in [2.45, 2.75) is 37.8 Å². The van der Waals surface area contributed by atoms with Crippen LogP contribution in [-0.2, 0) is 9.59 Å². The quantitative estimate of drug-likeness (QED) is 0.727. The van der Waals surface area contributed by atoms with Gasteiger partial charge in [0, 0.05) is 32.6 Å². The van der Waals surface area contributed by atoms with E-state index in [0.29, 0.717) is 13.0 Å². The Morgan fingerprint density at radius 1 is 1.29 bits per heavy atom. The summed E-state index contributed by atoms with van der Waals surface area (Å²) in [6.07, 6.45) is 3.35. The van der Waals surface area contributed by atoms with Crippen LogP contribution in [0.2, 0.25) is 0 Å². The largest absolute Gasteiger partial charge is 0.344 e. The number of rotatable bonds is 2. The van der Waals surface area contributed by atoms with Crippen LogP contribution < -0.4 is 5.32 Å². The first kappa shape index (κ1) is 12.4. The highest BCUT2D eigenvalue weighted by molar-refractivity contribution is 5.83. The Labute approximate surface area is 102 Å². The van der Waals surface area contributed by atoms with E-state index in [1.807, 2.05) is 19.0 Å². The molecule has 0 aromatic rings. The highest BCUT2D eigenvalue weighted by Crippen LogP contribution is 2.21. The number of amides is 2. The lowest BCUT2D eigenvalue weighted by Gasteiger charge is -2.41. The molecular formula is C12H21N3O2. The summed E-state index contributed by atoms with van der Waals surface area (Å²) in [6, 6.07) is 0.174. The molecule has 2 amide bonds. The van der Waals surface area contributed by atoms with Crippen LogP contribution in [0.1, 0.15) is 25.7 Å². The average molecular weight is 239 g/mol. The molecule has 0 radical (unpaired) electrons. The molecule has 2 heterocycles. The minimum Gasteiger partial charge on any atom is -0.344 e. The van der Waals surface area contributed by atoms with Crippen LogP contribution in [0.15, 0.2) is 0 Å². The molecule has 2 rings (SSSR count). The van der Waals surface area contributed by atoms with E-state index in [2.05, 4.69) is 5.32 Å². The normalized spacial score (nSPS) is 30.9. The van der Waals surface area contributed by atoms with Crippen molar-refractivity contribution >= 4 is 11.8 Å². The van der Waals surface area contributed by atoms with E-state index in [9.17, 15) is 9.59 Å². The Morgan fingerprint density at radius 2 is 2.06 bits per heavy atom. The monoisotopic (exact) mass is 239 g/mol. The number of nitrogens with one attached hydrogen (secondary N) is 1. The Balaban J connectivity index is 2.01. The van der Waals surface area contributed by atoms with Gasteiger partial charge in [-0.15, -0.1) is 0 Å². The third-order valence-corrected chi connectivity index (χ3v) is 3.86. The van der Waals surface area contributed by atoms with E-state index in [1.54, 1.807) is 4.90 Å². The highest BCUT2D eigenvalue weighted by Gasteiger charge is 2.35. The van der Waals surface area contributed by atoms with Crippen molar-refractivity contribution in [2.24, 2.45) is 0 Å². The number of nitrogens with zero attached hydrogens (tertiary/aromatic N) is 2. The smallest absolute Gasteiger partial charge is 0.240 e. The van der Waals surface area contributed by atoms with Crippen LogP contribution in [-0.4, -0.2) is 60.9 Å². The van der Waals surface area contributed by atoms with Crippen molar-refractivity contribution in [3.63, 3.8) is 0 Å². The second-order valence-corrected chi connectivity index (χ2v) is 4.98. The predicted octanol–water partition coefficient (Wildman–Crippen LogP) is -0.182. The number of hydrogen-bond donors (Lipinski definition) is 1. The molecule has 0 aliphatic carbocycles. The van der Waals surface area contributed by atoms with Crippen LogP contribution in [0.3, 0.4) is 0 Å². The predicted molar refractivity (Wildman–Crippen MR) is 64.5 cm³/mol. The highest BCUT2D eigenvalue weighted by atomic mass is 16.2. The number of likely N-dealkylation sites (N-methyl/N-ethyl adjacent to an activating group) is 2.